The molecule has 0 saturated carbocycles. The van der Waals surface area contributed by atoms with Crippen molar-refractivity contribution >= 4 is 57.4 Å². The molecule has 6 aromatic rings. The molecular formula is C36H29N11O3. The SMILES string of the molecule is COc1cccc(C(=O)N/C(N)=N/c2nc(CCc3nc(/N=C(\N)NC(=O)c4ccc(C#N)cc4)nc4ccccc34)c3ccccc3n2)c1. The number of para-hydroxylation sites is 2. The van der Waals surface area contributed by atoms with E-state index in [1.165, 1.54) is 31.4 Å². The Labute approximate surface area is 285 Å². The number of nitriles is 1. The Morgan fingerprint density at radius 3 is 1.74 bits per heavy atom. The maximum Gasteiger partial charge on any atom is 0.258 e. The van der Waals surface area contributed by atoms with Crippen molar-refractivity contribution in [3.05, 3.63) is 125 Å². The lowest BCUT2D eigenvalue weighted by Crippen LogP contribution is -2.36. The van der Waals surface area contributed by atoms with Crippen LogP contribution in [-0.2, 0) is 12.8 Å². The van der Waals surface area contributed by atoms with Crippen LogP contribution in [0, 0.1) is 11.3 Å². The van der Waals surface area contributed by atoms with E-state index in [2.05, 4.69) is 40.6 Å². The lowest BCUT2D eigenvalue weighted by atomic mass is 10.1. The molecule has 50 heavy (non-hydrogen) atoms. The van der Waals surface area contributed by atoms with E-state index >= 15 is 0 Å². The molecule has 0 fully saturated rings. The first-order valence-electron chi connectivity index (χ1n) is 15.3. The number of methoxy groups -OCH3 is 1. The van der Waals surface area contributed by atoms with E-state index in [0.29, 0.717) is 57.7 Å². The van der Waals surface area contributed by atoms with Crippen LogP contribution in [0.25, 0.3) is 21.8 Å². The summed E-state index contributed by atoms with van der Waals surface area (Å²) in [5.41, 5.74) is 15.9. The predicted molar refractivity (Wildman–Crippen MR) is 188 cm³/mol. The summed E-state index contributed by atoms with van der Waals surface area (Å²) in [7, 11) is 1.51. The molecular weight excluding hydrogens is 634 g/mol. The third kappa shape index (κ3) is 7.64. The number of hydrogen-bond acceptors (Lipinski definition) is 10. The summed E-state index contributed by atoms with van der Waals surface area (Å²) in [5.74, 6) is -0.658. The van der Waals surface area contributed by atoms with Gasteiger partial charge in [0.15, 0.2) is 0 Å². The van der Waals surface area contributed by atoms with Crippen molar-refractivity contribution in [2.24, 2.45) is 21.5 Å². The Morgan fingerprint density at radius 1 is 0.700 bits per heavy atom. The maximum absolute atomic E-state index is 12.8. The molecule has 0 aliphatic rings. The summed E-state index contributed by atoms with van der Waals surface area (Å²) in [6.45, 7) is 0. The average molecular weight is 664 g/mol. The van der Waals surface area contributed by atoms with Gasteiger partial charge in [-0.15, -0.1) is 0 Å². The highest BCUT2D eigenvalue weighted by Crippen LogP contribution is 2.24. The molecule has 6 N–H and O–H groups in total. The molecule has 0 unspecified atom stereocenters. The highest BCUT2D eigenvalue weighted by molar-refractivity contribution is 6.06. The Morgan fingerprint density at radius 2 is 1.22 bits per heavy atom. The van der Waals surface area contributed by atoms with Crippen LogP contribution in [0.1, 0.15) is 37.7 Å². The van der Waals surface area contributed by atoms with E-state index in [4.69, 9.17) is 21.5 Å². The number of guanidine groups is 2. The van der Waals surface area contributed by atoms with E-state index in [-0.39, 0.29) is 23.8 Å². The monoisotopic (exact) mass is 663 g/mol. The number of nitrogens with two attached hydrogens (primary N) is 2. The van der Waals surface area contributed by atoms with Crippen LogP contribution in [0.3, 0.4) is 0 Å². The molecule has 0 bridgehead atoms. The minimum atomic E-state index is -0.494. The molecule has 14 heteroatoms. The molecule has 0 spiro atoms. The van der Waals surface area contributed by atoms with Gasteiger partial charge in [-0.2, -0.15) is 15.2 Å². The first kappa shape index (κ1) is 32.7. The van der Waals surface area contributed by atoms with E-state index in [1.54, 1.807) is 24.3 Å². The number of aliphatic imine (C=N–C) groups is 2. The largest absolute Gasteiger partial charge is 0.497 e. The summed E-state index contributed by atoms with van der Waals surface area (Å²) >= 11 is 0. The average Bonchev–Trinajstić information content (AvgIpc) is 3.13. The molecule has 2 heterocycles. The fourth-order valence-corrected chi connectivity index (χ4v) is 5.08. The Bertz CT molecular complexity index is 2350. The van der Waals surface area contributed by atoms with Crippen LogP contribution in [0.4, 0.5) is 11.9 Å². The summed E-state index contributed by atoms with van der Waals surface area (Å²) in [4.78, 5) is 52.4. The molecule has 6 rings (SSSR count). The van der Waals surface area contributed by atoms with Gasteiger partial charge in [0, 0.05) is 21.9 Å². The number of nitrogens with zero attached hydrogens (tertiary/aromatic N) is 7. The molecule has 0 radical (unpaired) electrons. The zero-order chi connectivity index (χ0) is 35.0. The van der Waals surface area contributed by atoms with Gasteiger partial charge in [-0.3, -0.25) is 20.2 Å². The Balaban J connectivity index is 1.25. The molecule has 14 nitrogen and oxygen atoms in total. The van der Waals surface area contributed by atoms with Crippen LogP contribution in [0.5, 0.6) is 5.75 Å². The van der Waals surface area contributed by atoms with Gasteiger partial charge in [0.25, 0.3) is 23.7 Å². The van der Waals surface area contributed by atoms with Crippen LogP contribution in [0.2, 0.25) is 0 Å². The fourth-order valence-electron chi connectivity index (χ4n) is 5.08. The number of aryl methyl sites for hydroxylation is 2. The standard InChI is InChI=1S/C36H29N11O3/c1-50-24-8-6-7-23(19-24)32(49)45-34(39)47-36-41-28-12-5-3-10-26(28)30(43-36)18-17-29-25-9-2-4-11-27(25)40-35(42-29)46-33(38)44-31(48)22-15-13-21(20-37)14-16-22/h2-16,19H,17-18H2,1H3,(H3,38,40,42,44,46,48)(H3,39,41,43,45,47,49). The molecule has 4 aromatic carbocycles. The summed E-state index contributed by atoms with van der Waals surface area (Å²) < 4.78 is 5.19. The fraction of sp³-hybridized carbons (Fsp3) is 0.0833. The molecule has 246 valence electrons. The third-order valence-electron chi connectivity index (χ3n) is 7.47. The Kier molecular flexibility index (Phi) is 9.57. The van der Waals surface area contributed by atoms with E-state index in [1.807, 2.05) is 54.6 Å². The van der Waals surface area contributed by atoms with E-state index < -0.39 is 11.8 Å². The van der Waals surface area contributed by atoms with E-state index in [9.17, 15) is 9.59 Å². The highest BCUT2D eigenvalue weighted by atomic mass is 16.5. The van der Waals surface area contributed by atoms with Crippen LogP contribution >= 0.6 is 0 Å². The number of benzene rings is 4. The lowest BCUT2D eigenvalue weighted by molar-refractivity contribution is 0.0968. The smallest absolute Gasteiger partial charge is 0.258 e. The highest BCUT2D eigenvalue weighted by Gasteiger charge is 2.14. The second kappa shape index (κ2) is 14.7. The number of fused-ring (bicyclic) bond motifs is 2. The van der Waals surface area contributed by atoms with Crippen LogP contribution in [-0.4, -0.2) is 50.8 Å². The van der Waals surface area contributed by atoms with Crippen molar-refractivity contribution in [3.63, 3.8) is 0 Å². The van der Waals surface area contributed by atoms with Gasteiger partial charge >= 0.3 is 0 Å². The number of ether oxygens (including phenoxy) is 1. The van der Waals surface area contributed by atoms with Gasteiger partial charge < -0.3 is 16.2 Å². The number of hydrogen-bond donors (Lipinski definition) is 4. The molecule has 0 aliphatic heterocycles. The van der Waals surface area contributed by atoms with Crippen molar-refractivity contribution in [1.29, 1.82) is 5.26 Å². The number of aromatic nitrogens is 4. The number of carbonyl (C=O) groups excluding carboxylic acids is 2. The van der Waals surface area contributed by atoms with Gasteiger partial charge in [-0.25, -0.2) is 19.9 Å². The van der Waals surface area contributed by atoms with Crippen molar-refractivity contribution in [2.45, 2.75) is 12.8 Å². The zero-order valence-electron chi connectivity index (χ0n) is 26.7. The Hall–Kier alpha value is -7.27. The minimum Gasteiger partial charge on any atom is -0.497 e. The predicted octanol–water partition coefficient (Wildman–Crippen LogP) is 3.99. The summed E-state index contributed by atoms with van der Waals surface area (Å²) in [6.07, 6.45) is 0.853. The van der Waals surface area contributed by atoms with Gasteiger partial charge in [0.1, 0.15) is 5.75 Å². The van der Waals surface area contributed by atoms with E-state index in [0.717, 1.165) is 10.8 Å². The molecule has 0 aliphatic carbocycles. The van der Waals surface area contributed by atoms with Crippen molar-refractivity contribution in [1.82, 2.24) is 30.6 Å². The van der Waals surface area contributed by atoms with Crippen molar-refractivity contribution in [2.75, 3.05) is 7.11 Å². The lowest BCUT2D eigenvalue weighted by Gasteiger charge is -2.10. The van der Waals surface area contributed by atoms with Gasteiger partial charge in [-0.1, -0.05) is 42.5 Å². The molecule has 0 saturated heterocycles. The minimum absolute atomic E-state index is 0.0636. The normalized spacial score (nSPS) is 11.6. The van der Waals surface area contributed by atoms with Gasteiger partial charge in [0.2, 0.25) is 11.9 Å². The second-order valence-electron chi connectivity index (χ2n) is 10.8. The number of nitrogens with one attached hydrogen (secondary N) is 2. The molecule has 0 atom stereocenters. The second-order valence-corrected chi connectivity index (χ2v) is 10.8. The maximum atomic E-state index is 12.8. The van der Waals surface area contributed by atoms with Gasteiger partial charge in [-0.05, 0) is 67.4 Å². The first-order chi connectivity index (χ1) is 24.3. The van der Waals surface area contributed by atoms with Crippen LogP contribution < -0.4 is 26.8 Å². The zero-order valence-corrected chi connectivity index (χ0v) is 26.7. The summed E-state index contributed by atoms with van der Waals surface area (Å²) in [5, 5.41) is 15.7. The van der Waals surface area contributed by atoms with Crippen LogP contribution in [0.15, 0.2) is 107 Å². The topological polar surface area (TPSA) is 220 Å². The third-order valence-corrected chi connectivity index (χ3v) is 7.47. The first-order valence-corrected chi connectivity index (χ1v) is 15.3. The number of amides is 2. The number of carbonyl (C=O) groups is 2. The quantitative estimate of drug-likeness (QED) is 0.135. The van der Waals surface area contributed by atoms with Gasteiger partial charge in [0.05, 0.1) is 41.2 Å². The van der Waals surface area contributed by atoms with Crippen molar-refractivity contribution in [3.8, 4) is 11.8 Å². The van der Waals surface area contributed by atoms with Crippen molar-refractivity contribution < 1.29 is 14.3 Å². The molecule has 2 amide bonds. The molecule has 2 aromatic heterocycles. The number of rotatable bonds is 8. The summed E-state index contributed by atoms with van der Waals surface area (Å²) in [6, 6.07) is 29.7.